The van der Waals surface area contributed by atoms with Gasteiger partial charge in [0.1, 0.15) is 0 Å². The van der Waals surface area contributed by atoms with Crippen molar-refractivity contribution in [1.82, 2.24) is 0 Å². The van der Waals surface area contributed by atoms with E-state index in [1.165, 1.54) is 122 Å². The summed E-state index contributed by atoms with van der Waals surface area (Å²) in [7, 11) is 0. The van der Waals surface area contributed by atoms with Gasteiger partial charge in [0.15, 0.2) is 0 Å². The van der Waals surface area contributed by atoms with Crippen molar-refractivity contribution >= 4 is 0 Å². The van der Waals surface area contributed by atoms with Gasteiger partial charge in [-0.15, -0.1) is 0 Å². The zero-order valence-electron chi connectivity index (χ0n) is 20.1. The maximum absolute atomic E-state index is 12.2. The summed E-state index contributed by atoms with van der Waals surface area (Å²) in [5.74, 6) is 0. The van der Waals surface area contributed by atoms with Gasteiger partial charge in [-0.2, -0.15) is 0 Å². The molecule has 0 aromatic heterocycles. The summed E-state index contributed by atoms with van der Waals surface area (Å²) < 4.78 is 0.0129. The molecular formula is C26H55NO. The van der Waals surface area contributed by atoms with Gasteiger partial charge in [-0.25, -0.2) is 0 Å². The Labute approximate surface area is 179 Å². The van der Waals surface area contributed by atoms with E-state index in [9.17, 15) is 5.21 Å². The molecule has 2 heteroatoms. The Balaban J connectivity index is 3.11. The summed E-state index contributed by atoms with van der Waals surface area (Å²) in [5, 5.41) is 12.2. The van der Waals surface area contributed by atoms with Crippen LogP contribution in [0.4, 0.5) is 0 Å². The minimum atomic E-state index is 0.0129. The van der Waals surface area contributed by atoms with E-state index in [4.69, 9.17) is 0 Å². The van der Waals surface area contributed by atoms with Crippen molar-refractivity contribution < 1.29 is 4.65 Å². The quantitative estimate of drug-likeness (QED) is 0.0957. The molecule has 170 valence electrons. The van der Waals surface area contributed by atoms with Crippen LogP contribution in [0.25, 0.3) is 0 Å². The Kier molecular flexibility index (Phi) is 21.6. The molecule has 0 bridgehead atoms. The Bertz CT molecular complexity index is 288. The van der Waals surface area contributed by atoms with E-state index in [0.717, 1.165) is 26.1 Å². The molecule has 0 saturated heterocycles. The molecule has 0 rings (SSSR count). The Morgan fingerprint density at radius 1 is 0.393 bits per heavy atom. The molecule has 0 spiro atoms. The number of hydrogen-bond acceptors (Lipinski definition) is 1. The topological polar surface area (TPSA) is 23.1 Å². The highest BCUT2D eigenvalue weighted by Crippen LogP contribution is 2.15. The van der Waals surface area contributed by atoms with Crippen molar-refractivity contribution in [3.8, 4) is 0 Å². The van der Waals surface area contributed by atoms with E-state index in [-0.39, 0.29) is 4.65 Å². The summed E-state index contributed by atoms with van der Waals surface area (Å²) in [5.41, 5.74) is 0. The zero-order valence-corrected chi connectivity index (χ0v) is 20.1. The summed E-state index contributed by atoms with van der Waals surface area (Å²) >= 11 is 0. The number of hydroxylamine groups is 3. The van der Waals surface area contributed by atoms with Crippen LogP contribution in [-0.4, -0.2) is 24.3 Å². The molecule has 0 unspecified atom stereocenters. The molecule has 0 heterocycles. The van der Waals surface area contributed by atoms with E-state index in [1.54, 1.807) is 0 Å². The van der Waals surface area contributed by atoms with Crippen LogP contribution in [0.3, 0.4) is 0 Å². The summed E-state index contributed by atoms with van der Waals surface area (Å²) in [6.07, 6.45) is 28.2. The third-order valence-corrected chi connectivity index (χ3v) is 6.57. The highest BCUT2D eigenvalue weighted by atomic mass is 16.5. The van der Waals surface area contributed by atoms with Crippen LogP contribution in [0.5, 0.6) is 0 Å². The normalized spacial score (nSPS) is 12.0. The molecule has 0 saturated carbocycles. The molecule has 0 aromatic carbocycles. The first kappa shape index (κ1) is 27.9. The van der Waals surface area contributed by atoms with Crippen LogP contribution < -0.4 is 0 Å². The van der Waals surface area contributed by atoms with E-state index in [2.05, 4.69) is 6.92 Å². The first-order valence-corrected chi connectivity index (χ1v) is 13.3. The fraction of sp³-hybridized carbons (Fsp3) is 1.00. The fourth-order valence-electron chi connectivity index (χ4n) is 4.19. The van der Waals surface area contributed by atoms with Gasteiger partial charge in [0.2, 0.25) is 0 Å². The Morgan fingerprint density at radius 3 is 0.893 bits per heavy atom. The molecule has 0 atom stereocenters. The van der Waals surface area contributed by atoms with E-state index < -0.39 is 0 Å². The standard InChI is InChI=1S/C26H55NO/c1-4-7-8-9-10-11-12-13-14-15-16-17-18-19-20-21-22-23-24-25-26-27(28,5-2)6-3/h4-26H2,1-3H3. The second-order valence-electron chi connectivity index (χ2n) is 9.13. The largest absolute Gasteiger partial charge is 0.633 e. The highest BCUT2D eigenvalue weighted by molar-refractivity contribution is 4.51. The third kappa shape index (κ3) is 19.2. The van der Waals surface area contributed by atoms with Crippen LogP contribution in [0.15, 0.2) is 0 Å². The number of unbranched alkanes of at least 4 members (excludes halogenated alkanes) is 19. The molecule has 0 aliphatic rings. The number of rotatable bonds is 23. The monoisotopic (exact) mass is 397 g/mol. The maximum Gasteiger partial charge on any atom is 0.0783 e. The Morgan fingerprint density at radius 2 is 0.643 bits per heavy atom. The minimum Gasteiger partial charge on any atom is -0.633 e. The first-order valence-electron chi connectivity index (χ1n) is 13.3. The van der Waals surface area contributed by atoms with Crippen molar-refractivity contribution in [2.45, 2.75) is 149 Å². The van der Waals surface area contributed by atoms with Crippen molar-refractivity contribution in [3.63, 3.8) is 0 Å². The van der Waals surface area contributed by atoms with Gasteiger partial charge in [0, 0.05) is 0 Å². The van der Waals surface area contributed by atoms with Gasteiger partial charge in [-0.3, -0.25) is 0 Å². The van der Waals surface area contributed by atoms with Crippen molar-refractivity contribution in [1.29, 1.82) is 0 Å². The van der Waals surface area contributed by atoms with Gasteiger partial charge < -0.3 is 9.85 Å². The molecule has 28 heavy (non-hydrogen) atoms. The molecule has 0 aliphatic heterocycles. The van der Waals surface area contributed by atoms with Gasteiger partial charge in [-0.1, -0.05) is 122 Å². The lowest BCUT2D eigenvalue weighted by Gasteiger charge is -2.41. The lowest BCUT2D eigenvalue weighted by Crippen LogP contribution is -2.42. The first-order chi connectivity index (χ1) is 13.7. The van der Waals surface area contributed by atoms with Crippen LogP contribution in [-0.2, 0) is 0 Å². The molecule has 0 N–H and O–H groups in total. The van der Waals surface area contributed by atoms with Gasteiger partial charge in [0.25, 0.3) is 0 Å². The lowest BCUT2D eigenvalue weighted by atomic mass is 10.0. The van der Waals surface area contributed by atoms with Crippen LogP contribution in [0.2, 0.25) is 0 Å². The average Bonchev–Trinajstić information content (AvgIpc) is 2.72. The summed E-state index contributed by atoms with van der Waals surface area (Å²) in [6.45, 7) is 8.62. The second kappa shape index (κ2) is 21.6. The number of hydrogen-bond donors (Lipinski definition) is 0. The van der Waals surface area contributed by atoms with E-state index in [0.29, 0.717) is 0 Å². The van der Waals surface area contributed by atoms with Crippen LogP contribution in [0.1, 0.15) is 149 Å². The van der Waals surface area contributed by atoms with Gasteiger partial charge >= 0.3 is 0 Å². The predicted molar refractivity (Wildman–Crippen MR) is 128 cm³/mol. The summed E-state index contributed by atoms with van der Waals surface area (Å²) in [4.78, 5) is 0. The molecular weight excluding hydrogens is 342 g/mol. The molecule has 0 fully saturated rings. The average molecular weight is 398 g/mol. The third-order valence-electron chi connectivity index (χ3n) is 6.57. The summed E-state index contributed by atoms with van der Waals surface area (Å²) in [6, 6.07) is 0. The molecule has 2 nitrogen and oxygen atoms in total. The molecule has 0 aliphatic carbocycles. The second-order valence-corrected chi connectivity index (χ2v) is 9.13. The minimum absolute atomic E-state index is 0.0129. The van der Waals surface area contributed by atoms with Crippen LogP contribution in [0, 0.1) is 5.21 Å². The zero-order chi connectivity index (χ0) is 20.8. The van der Waals surface area contributed by atoms with Crippen molar-refractivity contribution in [3.05, 3.63) is 5.21 Å². The van der Waals surface area contributed by atoms with Crippen molar-refractivity contribution in [2.24, 2.45) is 0 Å². The lowest BCUT2D eigenvalue weighted by molar-refractivity contribution is -0.877. The molecule has 0 aromatic rings. The SMILES string of the molecule is CCCCCCCCCCCCCCCCCCCCCC[N+]([O-])(CC)CC. The molecule has 0 amide bonds. The Hall–Kier alpha value is -0.0800. The fourth-order valence-corrected chi connectivity index (χ4v) is 4.19. The van der Waals surface area contributed by atoms with Gasteiger partial charge in [-0.05, 0) is 26.7 Å². The maximum atomic E-state index is 12.2. The van der Waals surface area contributed by atoms with Crippen molar-refractivity contribution in [2.75, 3.05) is 19.6 Å². The van der Waals surface area contributed by atoms with E-state index >= 15 is 0 Å². The predicted octanol–water partition coefficient (Wildman–Crippen LogP) is 9.16. The number of nitrogens with zero attached hydrogens (tertiary/aromatic N) is 1. The van der Waals surface area contributed by atoms with E-state index in [1.807, 2.05) is 13.8 Å². The van der Waals surface area contributed by atoms with Crippen LogP contribution >= 0.6 is 0 Å². The van der Waals surface area contributed by atoms with Gasteiger partial charge in [0.05, 0.1) is 19.6 Å². The number of quaternary nitrogens is 1. The highest BCUT2D eigenvalue weighted by Gasteiger charge is 2.09. The smallest absolute Gasteiger partial charge is 0.0783 e. The molecule has 0 radical (unpaired) electrons.